The van der Waals surface area contributed by atoms with Crippen LogP contribution in [0.1, 0.15) is 10.9 Å². The summed E-state index contributed by atoms with van der Waals surface area (Å²) in [6.45, 7) is 0. The summed E-state index contributed by atoms with van der Waals surface area (Å²) in [5.41, 5.74) is 0.279. The Labute approximate surface area is 100 Å². The summed E-state index contributed by atoms with van der Waals surface area (Å²) >= 11 is 11.6. The maximum absolute atomic E-state index is 11.5. The largest absolute Gasteiger partial charge is 0.326 e. The van der Waals surface area contributed by atoms with E-state index < -0.39 is 11.2 Å². The molecule has 0 aliphatic heterocycles. The zero-order valence-corrected chi connectivity index (χ0v) is 9.60. The van der Waals surface area contributed by atoms with Gasteiger partial charge in [0, 0.05) is 5.88 Å². The van der Waals surface area contributed by atoms with Crippen LogP contribution in [0.15, 0.2) is 27.8 Å². The minimum atomic E-state index is -0.523. The first kappa shape index (κ1) is 11.2. The van der Waals surface area contributed by atoms with Crippen LogP contribution in [0, 0.1) is 0 Å². The van der Waals surface area contributed by atoms with Gasteiger partial charge in [0.25, 0.3) is 5.56 Å². The van der Waals surface area contributed by atoms with E-state index in [4.69, 9.17) is 23.2 Å². The fourth-order valence-electron chi connectivity index (χ4n) is 1.47. The summed E-state index contributed by atoms with van der Waals surface area (Å²) in [7, 11) is 0. The molecule has 0 aliphatic rings. The number of alkyl halides is 2. The molecular weight excluding hydrogens is 251 g/mol. The van der Waals surface area contributed by atoms with E-state index >= 15 is 0 Å². The molecule has 2 N–H and O–H groups in total. The average Bonchev–Trinajstić information content (AvgIpc) is 2.27. The van der Waals surface area contributed by atoms with E-state index in [0.29, 0.717) is 10.9 Å². The second-order valence-electron chi connectivity index (χ2n) is 3.34. The third-order valence-corrected chi connectivity index (χ3v) is 3.13. The Kier molecular flexibility index (Phi) is 3.03. The van der Waals surface area contributed by atoms with Crippen LogP contribution in [-0.4, -0.2) is 15.8 Å². The Morgan fingerprint density at radius 3 is 2.69 bits per heavy atom. The second kappa shape index (κ2) is 4.31. The van der Waals surface area contributed by atoms with Crippen LogP contribution in [0.4, 0.5) is 0 Å². The van der Waals surface area contributed by atoms with Gasteiger partial charge in [0.15, 0.2) is 0 Å². The smallest absolute Gasteiger partial charge is 0.307 e. The standard InChI is InChI=1S/C10H8Cl2N2O2/c11-4-7(12)5-1-2-8-6(3-5)9(15)14-10(16)13-8/h1-3,7H,4H2,(H2,13,14,15,16). The average molecular weight is 259 g/mol. The van der Waals surface area contributed by atoms with E-state index in [1.165, 1.54) is 0 Å². The van der Waals surface area contributed by atoms with Gasteiger partial charge in [0.05, 0.1) is 16.3 Å². The Morgan fingerprint density at radius 1 is 1.25 bits per heavy atom. The predicted octanol–water partition coefficient (Wildman–Crippen LogP) is 1.74. The molecule has 0 radical (unpaired) electrons. The highest BCUT2D eigenvalue weighted by molar-refractivity contribution is 6.28. The Hall–Kier alpha value is -1.26. The maximum atomic E-state index is 11.5. The summed E-state index contributed by atoms with van der Waals surface area (Å²) in [6.07, 6.45) is 0. The number of nitrogens with one attached hydrogen (secondary N) is 2. The Balaban J connectivity index is 2.71. The van der Waals surface area contributed by atoms with E-state index in [1.807, 2.05) is 0 Å². The molecule has 84 valence electrons. The first-order chi connectivity index (χ1) is 7.61. The molecule has 1 heterocycles. The number of rotatable bonds is 2. The normalized spacial score (nSPS) is 12.9. The SMILES string of the molecule is O=c1[nH]c(=O)c2cc(C(Cl)CCl)ccc2[nH]1. The molecule has 0 spiro atoms. The molecular formula is C10H8Cl2N2O2. The highest BCUT2D eigenvalue weighted by Gasteiger charge is 2.08. The zero-order chi connectivity index (χ0) is 11.7. The number of hydrogen-bond acceptors (Lipinski definition) is 2. The van der Waals surface area contributed by atoms with Crippen molar-refractivity contribution in [3.8, 4) is 0 Å². The van der Waals surface area contributed by atoms with Crippen molar-refractivity contribution in [3.63, 3.8) is 0 Å². The molecule has 2 aromatic rings. The molecule has 0 amide bonds. The summed E-state index contributed by atoms with van der Waals surface area (Å²) in [6, 6.07) is 5.01. The van der Waals surface area contributed by atoms with Crippen molar-refractivity contribution in [1.82, 2.24) is 9.97 Å². The molecule has 6 heteroatoms. The molecule has 1 aromatic heterocycles. The lowest BCUT2D eigenvalue weighted by Gasteiger charge is -2.06. The molecule has 0 bridgehead atoms. The van der Waals surface area contributed by atoms with Gasteiger partial charge in [0.2, 0.25) is 0 Å². The molecule has 0 saturated carbocycles. The predicted molar refractivity (Wildman–Crippen MR) is 64.5 cm³/mol. The minimum Gasteiger partial charge on any atom is -0.307 e. The zero-order valence-electron chi connectivity index (χ0n) is 8.09. The number of H-pyrrole nitrogens is 2. The summed E-state index contributed by atoms with van der Waals surface area (Å²) in [5, 5.41) is 0.0465. The van der Waals surface area contributed by atoms with Gasteiger partial charge < -0.3 is 4.98 Å². The van der Waals surface area contributed by atoms with Crippen molar-refractivity contribution in [1.29, 1.82) is 0 Å². The van der Waals surface area contributed by atoms with Crippen molar-refractivity contribution in [3.05, 3.63) is 44.6 Å². The Morgan fingerprint density at radius 2 is 2.00 bits per heavy atom. The third kappa shape index (κ3) is 1.99. The quantitative estimate of drug-likeness (QED) is 0.806. The molecule has 2 rings (SSSR count). The topological polar surface area (TPSA) is 65.7 Å². The third-order valence-electron chi connectivity index (χ3n) is 2.26. The van der Waals surface area contributed by atoms with Gasteiger partial charge in [-0.15, -0.1) is 23.2 Å². The van der Waals surface area contributed by atoms with E-state index in [1.54, 1.807) is 18.2 Å². The van der Waals surface area contributed by atoms with Crippen LogP contribution in [-0.2, 0) is 0 Å². The first-order valence-electron chi connectivity index (χ1n) is 4.58. The number of aromatic amines is 2. The van der Waals surface area contributed by atoms with Crippen molar-refractivity contribution < 1.29 is 0 Å². The molecule has 1 unspecified atom stereocenters. The molecule has 0 saturated heterocycles. The van der Waals surface area contributed by atoms with Gasteiger partial charge in [0.1, 0.15) is 0 Å². The van der Waals surface area contributed by atoms with Gasteiger partial charge in [-0.05, 0) is 17.7 Å². The van der Waals surface area contributed by atoms with Gasteiger partial charge in [-0.3, -0.25) is 9.78 Å². The van der Waals surface area contributed by atoms with Crippen LogP contribution in [0.3, 0.4) is 0 Å². The lowest BCUT2D eigenvalue weighted by molar-refractivity contribution is 1.07. The van der Waals surface area contributed by atoms with Gasteiger partial charge >= 0.3 is 5.69 Å². The summed E-state index contributed by atoms with van der Waals surface area (Å²) in [5.74, 6) is 0.258. The van der Waals surface area contributed by atoms with Gasteiger partial charge in [-0.25, -0.2) is 4.79 Å². The summed E-state index contributed by atoms with van der Waals surface area (Å²) in [4.78, 5) is 27.2. The van der Waals surface area contributed by atoms with Crippen LogP contribution in [0.25, 0.3) is 10.9 Å². The highest BCUT2D eigenvalue weighted by atomic mass is 35.5. The van der Waals surface area contributed by atoms with Crippen LogP contribution in [0.5, 0.6) is 0 Å². The van der Waals surface area contributed by atoms with Crippen molar-refractivity contribution in [2.75, 3.05) is 5.88 Å². The van der Waals surface area contributed by atoms with Crippen LogP contribution >= 0.6 is 23.2 Å². The maximum Gasteiger partial charge on any atom is 0.326 e. The number of halogens is 2. The lowest BCUT2D eigenvalue weighted by Crippen LogP contribution is -2.21. The number of fused-ring (bicyclic) bond motifs is 1. The first-order valence-corrected chi connectivity index (χ1v) is 5.55. The van der Waals surface area contributed by atoms with Crippen LogP contribution < -0.4 is 11.2 Å². The van der Waals surface area contributed by atoms with Crippen molar-refractivity contribution >= 4 is 34.1 Å². The van der Waals surface area contributed by atoms with E-state index in [0.717, 1.165) is 5.56 Å². The van der Waals surface area contributed by atoms with E-state index in [-0.39, 0.29) is 11.3 Å². The number of aromatic nitrogens is 2. The molecule has 0 aliphatic carbocycles. The van der Waals surface area contributed by atoms with E-state index in [2.05, 4.69) is 9.97 Å². The van der Waals surface area contributed by atoms with Crippen molar-refractivity contribution in [2.24, 2.45) is 0 Å². The highest BCUT2D eigenvalue weighted by Crippen LogP contribution is 2.23. The fourth-order valence-corrected chi connectivity index (χ4v) is 1.78. The van der Waals surface area contributed by atoms with Crippen molar-refractivity contribution in [2.45, 2.75) is 5.38 Å². The van der Waals surface area contributed by atoms with Gasteiger partial charge in [-0.2, -0.15) is 0 Å². The fraction of sp³-hybridized carbons (Fsp3) is 0.200. The van der Waals surface area contributed by atoms with Crippen LogP contribution in [0.2, 0.25) is 0 Å². The second-order valence-corrected chi connectivity index (χ2v) is 4.17. The number of benzene rings is 1. The molecule has 16 heavy (non-hydrogen) atoms. The molecule has 4 nitrogen and oxygen atoms in total. The Bertz CT molecular complexity index is 632. The number of hydrogen-bond donors (Lipinski definition) is 2. The molecule has 1 atom stereocenters. The van der Waals surface area contributed by atoms with Gasteiger partial charge in [-0.1, -0.05) is 6.07 Å². The van der Waals surface area contributed by atoms with E-state index in [9.17, 15) is 9.59 Å². The molecule has 1 aromatic carbocycles. The lowest BCUT2D eigenvalue weighted by atomic mass is 10.1. The molecule has 0 fully saturated rings. The summed E-state index contributed by atoms with van der Waals surface area (Å²) < 4.78 is 0. The minimum absolute atomic E-state index is 0.258. The monoisotopic (exact) mass is 258 g/mol.